The van der Waals surface area contributed by atoms with Gasteiger partial charge in [0.15, 0.2) is 0 Å². The van der Waals surface area contributed by atoms with Crippen LogP contribution in [-0.2, 0) is 4.79 Å². The summed E-state index contributed by atoms with van der Waals surface area (Å²) in [7, 11) is 0. The van der Waals surface area contributed by atoms with Gasteiger partial charge in [-0.1, -0.05) is 24.6 Å². The summed E-state index contributed by atoms with van der Waals surface area (Å²) in [5, 5.41) is 0.587. The Bertz CT molecular complexity index is 717. The standard InChI is InChI=1S/C20H29N3O2S/c1-12-13(2)18(19(21)25)20(22-14(12)3)26-11-17(24)23-10-6-8-15-7-4-5-9-16(15)23/h15-16H,4-11H2,1-3H3,(H2,21,25)/t15-,16-/m1/s1. The summed E-state index contributed by atoms with van der Waals surface area (Å²) in [4.78, 5) is 31.5. The van der Waals surface area contributed by atoms with Crippen molar-refractivity contribution in [3.05, 3.63) is 22.4 Å². The average Bonchev–Trinajstić information content (AvgIpc) is 2.63. The molecule has 0 unspecified atom stereocenters. The summed E-state index contributed by atoms with van der Waals surface area (Å²) < 4.78 is 0. The fourth-order valence-electron chi connectivity index (χ4n) is 4.45. The highest BCUT2D eigenvalue weighted by Gasteiger charge is 2.35. The van der Waals surface area contributed by atoms with Crippen molar-refractivity contribution < 1.29 is 9.59 Å². The normalized spacial score (nSPS) is 22.8. The number of hydrogen-bond donors (Lipinski definition) is 1. The van der Waals surface area contributed by atoms with Crippen LogP contribution in [0.5, 0.6) is 0 Å². The number of rotatable bonds is 4. The number of primary amides is 1. The van der Waals surface area contributed by atoms with E-state index in [9.17, 15) is 9.59 Å². The largest absolute Gasteiger partial charge is 0.366 e. The number of aromatic nitrogens is 1. The number of thioether (sulfide) groups is 1. The zero-order valence-electron chi connectivity index (χ0n) is 16.0. The third kappa shape index (κ3) is 3.75. The van der Waals surface area contributed by atoms with E-state index in [1.807, 2.05) is 20.8 Å². The first-order valence-corrected chi connectivity index (χ1v) is 10.6. The maximum absolute atomic E-state index is 12.9. The van der Waals surface area contributed by atoms with Gasteiger partial charge in [-0.25, -0.2) is 4.98 Å². The van der Waals surface area contributed by atoms with Gasteiger partial charge in [-0.2, -0.15) is 0 Å². The summed E-state index contributed by atoms with van der Waals surface area (Å²) in [5.74, 6) is 0.686. The van der Waals surface area contributed by atoms with Gasteiger partial charge in [-0.15, -0.1) is 0 Å². The second-order valence-corrected chi connectivity index (χ2v) is 8.59. The van der Waals surface area contributed by atoms with Gasteiger partial charge < -0.3 is 10.6 Å². The molecule has 1 aliphatic carbocycles. The zero-order valence-corrected chi connectivity index (χ0v) is 16.8. The van der Waals surface area contributed by atoms with E-state index < -0.39 is 5.91 Å². The number of pyridine rings is 1. The lowest BCUT2D eigenvalue weighted by molar-refractivity contribution is -0.134. The average molecular weight is 376 g/mol. The molecule has 1 aliphatic heterocycles. The first-order chi connectivity index (χ1) is 12.4. The van der Waals surface area contributed by atoms with Crippen molar-refractivity contribution in [2.75, 3.05) is 12.3 Å². The van der Waals surface area contributed by atoms with Gasteiger partial charge in [0.25, 0.3) is 5.91 Å². The number of likely N-dealkylation sites (tertiary alicyclic amines) is 1. The maximum atomic E-state index is 12.9. The molecule has 2 fully saturated rings. The minimum Gasteiger partial charge on any atom is -0.366 e. The number of aryl methyl sites for hydroxylation is 1. The summed E-state index contributed by atoms with van der Waals surface area (Å²) in [6.07, 6.45) is 7.27. The smallest absolute Gasteiger partial charge is 0.251 e. The molecule has 6 heteroatoms. The fourth-order valence-corrected chi connectivity index (χ4v) is 5.48. The van der Waals surface area contributed by atoms with Crippen LogP contribution in [0.4, 0.5) is 0 Å². The molecule has 142 valence electrons. The molecule has 1 aromatic rings. The molecular weight excluding hydrogens is 346 g/mol. The van der Waals surface area contributed by atoms with Crippen LogP contribution in [-0.4, -0.2) is 40.0 Å². The molecule has 1 saturated heterocycles. The molecule has 3 rings (SSSR count). The SMILES string of the molecule is Cc1nc(SCC(=O)N2CCC[C@H]3CCCC[C@H]32)c(C(N)=O)c(C)c1C. The zero-order chi connectivity index (χ0) is 18.8. The van der Waals surface area contributed by atoms with Crippen molar-refractivity contribution in [2.24, 2.45) is 11.7 Å². The Morgan fingerprint density at radius 3 is 2.54 bits per heavy atom. The van der Waals surface area contributed by atoms with Gasteiger partial charge in [-0.3, -0.25) is 9.59 Å². The number of hydrogen-bond acceptors (Lipinski definition) is 4. The van der Waals surface area contributed by atoms with Crippen LogP contribution >= 0.6 is 11.8 Å². The maximum Gasteiger partial charge on any atom is 0.251 e. The van der Waals surface area contributed by atoms with Crippen LogP contribution in [0.15, 0.2) is 5.03 Å². The topological polar surface area (TPSA) is 76.3 Å². The van der Waals surface area contributed by atoms with Crippen LogP contribution in [0.3, 0.4) is 0 Å². The summed E-state index contributed by atoms with van der Waals surface area (Å²) in [6, 6.07) is 0.413. The first-order valence-electron chi connectivity index (χ1n) is 9.60. The summed E-state index contributed by atoms with van der Waals surface area (Å²) >= 11 is 1.35. The van der Waals surface area contributed by atoms with Crippen molar-refractivity contribution in [3.8, 4) is 0 Å². The second kappa shape index (κ2) is 7.99. The Morgan fingerprint density at radius 2 is 1.81 bits per heavy atom. The number of amides is 2. The van der Waals surface area contributed by atoms with Gasteiger partial charge in [-0.05, 0) is 63.5 Å². The van der Waals surface area contributed by atoms with E-state index in [1.165, 1.54) is 37.4 Å². The van der Waals surface area contributed by atoms with Crippen molar-refractivity contribution in [1.29, 1.82) is 0 Å². The molecule has 0 aromatic carbocycles. The lowest BCUT2D eigenvalue weighted by atomic mass is 9.78. The van der Waals surface area contributed by atoms with Gasteiger partial charge in [0.05, 0.1) is 11.3 Å². The van der Waals surface area contributed by atoms with Gasteiger partial charge in [0.2, 0.25) is 5.91 Å². The quantitative estimate of drug-likeness (QED) is 0.819. The molecule has 0 bridgehead atoms. The molecule has 0 spiro atoms. The van der Waals surface area contributed by atoms with Crippen molar-refractivity contribution >= 4 is 23.6 Å². The van der Waals surface area contributed by atoms with Crippen LogP contribution in [0.1, 0.15) is 65.7 Å². The van der Waals surface area contributed by atoms with E-state index in [2.05, 4.69) is 9.88 Å². The number of nitrogens with zero attached hydrogens (tertiary/aromatic N) is 2. The van der Waals surface area contributed by atoms with Crippen LogP contribution in [0.25, 0.3) is 0 Å². The van der Waals surface area contributed by atoms with Crippen molar-refractivity contribution in [2.45, 2.75) is 70.4 Å². The van der Waals surface area contributed by atoms with E-state index >= 15 is 0 Å². The predicted molar refractivity (Wildman–Crippen MR) is 104 cm³/mol. The molecule has 5 nitrogen and oxygen atoms in total. The van der Waals surface area contributed by atoms with E-state index in [4.69, 9.17) is 5.73 Å². The van der Waals surface area contributed by atoms with Crippen molar-refractivity contribution in [3.63, 3.8) is 0 Å². The summed E-state index contributed by atoms with van der Waals surface area (Å²) in [6.45, 7) is 6.63. The van der Waals surface area contributed by atoms with Gasteiger partial charge >= 0.3 is 0 Å². The Balaban J connectivity index is 1.74. The van der Waals surface area contributed by atoms with E-state index in [-0.39, 0.29) is 5.91 Å². The third-order valence-corrected chi connectivity index (χ3v) is 7.07. The Labute approximate surface area is 160 Å². The highest BCUT2D eigenvalue weighted by atomic mass is 32.2. The molecule has 1 saturated carbocycles. The molecule has 2 aliphatic rings. The highest BCUT2D eigenvalue weighted by Crippen LogP contribution is 2.36. The molecule has 2 amide bonds. The highest BCUT2D eigenvalue weighted by molar-refractivity contribution is 8.00. The Kier molecular flexibility index (Phi) is 5.90. The van der Waals surface area contributed by atoms with Crippen molar-refractivity contribution in [1.82, 2.24) is 9.88 Å². The lowest BCUT2D eigenvalue weighted by Crippen LogP contribution is -2.50. The van der Waals surface area contributed by atoms with Crippen LogP contribution < -0.4 is 5.73 Å². The minimum atomic E-state index is -0.474. The number of nitrogens with two attached hydrogens (primary N) is 1. The number of carbonyl (C=O) groups is 2. The monoisotopic (exact) mass is 375 g/mol. The van der Waals surface area contributed by atoms with Crippen LogP contribution in [0, 0.1) is 26.7 Å². The Morgan fingerprint density at radius 1 is 1.12 bits per heavy atom. The number of carbonyl (C=O) groups excluding carboxylic acids is 2. The Hall–Kier alpha value is -1.56. The lowest BCUT2D eigenvalue weighted by Gasteiger charge is -2.44. The fraction of sp³-hybridized carbons (Fsp3) is 0.650. The minimum absolute atomic E-state index is 0.166. The molecule has 2 heterocycles. The molecule has 2 atom stereocenters. The molecule has 2 N–H and O–H groups in total. The molecule has 1 aromatic heterocycles. The van der Waals surface area contributed by atoms with Crippen LogP contribution in [0.2, 0.25) is 0 Å². The predicted octanol–water partition coefficient (Wildman–Crippen LogP) is 3.38. The number of fused-ring (bicyclic) bond motifs is 1. The van der Waals surface area contributed by atoms with Gasteiger partial charge in [0, 0.05) is 18.3 Å². The van der Waals surface area contributed by atoms with E-state index in [1.54, 1.807) is 0 Å². The number of piperidine rings is 1. The van der Waals surface area contributed by atoms with E-state index in [0.717, 1.165) is 36.2 Å². The molecule has 26 heavy (non-hydrogen) atoms. The molecular formula is C20H29N3O2S. The molecule has 0 radical (unpaired) electrons. The third-order valence-electron chi connectivity index (χ3n) is 6.11. The second-order valence-electron chi connectivity index (χ2n) is 7.62. The van der Waals surface area contributed by atoms with Gasteiger partial charge in [0.1, 0.15) is 5.03 Å². The first kappa shape index (κ1) is 19.2. The van der Waals surface area contributed by atoms with E-state index in [0.29, 0.717) is 28.3 Å². The summed E-state index contributed by atoms with van der Waals surface area (Å²) in [5.41, 5.74) is 8.77.